The van der Waals surface area contributed by atoms with Crippen molar-refractivity contribution in [1.82, 2.24) is 19.5 Å². The van der Waals surface area contributed by atoms with E-state index in [-0.39, 0.29) is 24.1 Å². The first kappa shape index (κ1) is 13.4. The number of rotatable bonds is 3. The van der Waals surface area contributed by atoms with E-state index in [4.69, 9.17) is 4.42 Å². The number of furan rings is 1. The van der Waals surface area contributed by atoms with Gasteiger partial charge in [-0.05, 0) is 20.8 Å². The van der Waals surface area contributed by atoms with Crippen molar-refractivity contribution in [3.05, 3.63) is 34.6 Å². The Morgan fingerprint density at radius 1 is 1.43 bits per heavy atom. The number of nitrogens with zero attached hydrogens (tertiary/aromatic N) is 3. The molecular formula is C14H16N4O3. The summed E-state index contributed by atoms with van der Waals surface area (Å²) in [4.78, 5) is 24.2. The number of aromatic nitrogens is 3. The lowest BCUT2D eigenvalue weighted by Gasteiger charge is -2.10. The van der Waals surface area contributed by atoms with E-state index in [1.165, 1.54) is 4.68 Å². The second-order valence-corrected chi connectivity index (χ2v) is 5.27. The number of carbonyl (C=O) groups excluding carboxylic acids is 1. The van der Waals surface area contributed by atoms with E-state index in [1.54, 1.807) is 29.7 Å². The molecule has 21 heavy (non-hydrogen) atoms. The number of hydrogen-bond acceptors (Lipinski definition) is 4. The van der Waals surface area contributed by atoms with Crippen LogP contribution in [0.4, 0.5) is 0 Å². The molecule has 7 nitrogen and oxygen atoms in total. The Balaban J connectivity index is 2.11. The zero-order valence-electron chi connectivity index (χ0n) is 12.1. The molecule has 0 spiro atoms. The van der Waals surface area contributed by atoms with Crippen LogP contribution in [0.2, 0.25) is 0 Å². The van der Waals surface area contributed by atoms with Gasteiger partial charge < -0.3 is 9.73 Å². The number of amides is 1. The van der Waals surface area contributed by atoms with Crippen LogP contribution in [0.25, 0.3) is 16.6 Å². The van der Waals surface area contributed by atoms with Crippen LogP contribution in [0.1, 0.15) is 19.7 Å². The van der Waals surface area contributed by atoms with Gasteiger partial charge in [0.2, 0.25) is 5.91 Å². The van der Waals surface area contributed by atoms with E-state index in [1.807, 2.05) is 13.8 Å². The quantitative estimate of drug-likeness (QED) is 0.781. The molecule has 1 amide bonds. The number of nitrogens with one attached hydrogen (secondary N) is 1. The number of carbonyl (C=O) groups is 1. The first-order valence-electron chi connectivity index (χ1n) is 6.73. The van der Waals surface area contributed by atoms with E-state index in [9.17, 15) is 9.59 Å². The van der Waals surface area contributed by atoms with Crippen LogP contribution in [-0.2, 0) is 11.3 Å². The van der Waals surface area contributed by atoms with Crippen molar-refractivity contribution >= 4 is 22.5 Å². The van der Waals surface area contributed by atoms with Gasteiger partial charge >= 0.3 is 0 Å². The molecule has 0 aliphatic heterocycles. The predicted octanol–water partition coefficient (Wildman–Crippen LogP) is 1.08. The summed E-state index contributed by atoms with van der Waals surface area (Å²) >= 11 is 0. The minimum absolute atomic E-state index is 0.0219. The van der Waals surface area contributed by atoms with E-state index in [2.05, 4.69) is 10.4 Å². The van der Waals surface area contributed by atoms with Crippen molar-refractivity contribution in [2.24, 2.45) is 0 Å². The average molecular weight is 288 g/mol. The molecule has 1 N–H and O–H groups in total. The van der Waals surface area contributed by atoms with Gasteiger partial charge in [0.05, 0.1) is 11.8 Å². The van der Waals surface area contributed by atoms with Crippen molar-refractivity contribution < 1.29 is 9.21 Å². The Morgan fingerprint density at radius 3 is 2.90 bits per heavy atom. The highest BCUT2D eigenvalue weighted by Gasteiger charge is 2.15. The summed E-state index contributed by atoms with van der Waals surface area (Å²) < 4.78 is 8.23. The maximum atomic E-state index is 12.4. The molecule has 3 rings (SSSR count). The van der Waals surface area contributed by atoms with Crippen LogP contribution in [0.3, 0.4) is 0 Å². The Hall–Kier alpha value is -2.57. The fourth-order valence-electron chi connectivity index (χ4n) is 2.44. The van der Waals surface area contributed by atoms with Crippen molar-refractivity contribution in [3.8, 4) is 0 Å². The van der Waals surface area contributed by atoms with Gasteiger partial charge in [-0.3, -0.25) is 14.0 Å². The topological polar surface area (TPSA) is 81.5 Å². The molecule has 0 aromatic carbocycles. The second-order valence-electron chi connectivity index (χ2n) is 5.27. The average Bonchev–Trinajstić information content (AvgIpc) is 2.94. The van der Waals surface area contributed by atoms with Gasteiger partial charge in [0, 0.05) is 18.2 Å². The molecule has 0 bridgehead atoms. The lowest BCUT2D eigenvalue weighted by molar-refractivity contribution is -0.122. The molecule has 0 aliphatic rings. The second kappa shape index (κ2) is 4.76. The fourth-order valence-corrected chi connectivity index (χ4v) is 2.44. The molecule has 0 saturated heterocycles. The summed E-state index contributed by atoms with van der Waals surface area (Å²) in [6.45, 7) is 5.42. The summed E-state index contributed by atoms with van der Waals surface area (Å²) in [7, 11) is 0. The summed E-state index contributed by atoms with van der Waals surface area (Å²) in [6.07, 6.45) is 1.57. The Bertz CT molecular complexity index is 885. The van der Waals surface area contributed by atoms with E-state index in [0.29, 0.717) is 16.9 Å². The van der Waals surface area contributed by atoms with Gasteiger partial charge in [0.1, 0.15) is 17.9 Å². The van der Waals surface area contributed by atoms with Crippen molar-refractivity contribution in [1.29, 1.82) is 0 Å². The summed E-state index contributed by atoms with van der Waals surface area (Å²) in [6, 6.07) is 3.48. The molecule has 0 saturated carbocycles. The Labute approximate surface area is 120 Å². The highest BCUT2D eigenvalue weighted by Crippen LogP contribution is 2.19. The molecule has 3 heterocycles. The third-order valence-electron chi connectivity index (χ3n) is 3.21. The molecule has 110 valence electrons. The lowest BCUT2D eigenvalue weighted by atomic mass is 10.4. The van der Waals surface area contributed by atoms with E-state index < -0.39 is 0 Å². The molecule has 3 aromatic heterocycles. The van der Waals surface area contributed by atoms with E-state index in [0.717, 1.165) is 5.52 Å². The third kappa shape index (κ3) is 2.20. The monoisotopic (exact) mass is 288 g/mol. The zero-order valence-corrected chi connectivity index (χ0v) is 12.1. The van der Waals surface area contributed by atoms with Gasteiger partial charge in [-0.15, -0.1) is 0 Å². The summed E-state index contributed by atoms with van der Waals surface area (Å²) in [5.74, 6) is 0.386. The van der Waals surface area contributed by atoms with Gasteiger partial charge in [-0.2, -0.15) is 5.10 Å². The maximum Gasteiger partial charge on any atom is 0.291 e. The number of aryl methyl sites for hydroxylation is 1. The highest BCUT2D eigenvalue weighted by atomic mass is 16.3. The lowest BCUT2D eigenvalue weighted by Crippen LogP contribution is -2.37. The molecule has 0 radical (unpaired) electrons. The smallest absolute Gasteiger partial charge is 0.291 e. The SMILES string of the molecule is Cc1nn(CC(=O)NC(C)C)c(=O)c2cc3occc3n12. The third-order valence-corrected chi connectivity index (χ3v) is 3.21. The molecule has 7 heteroatoms. The van der Waals surface area contributed by atoms with Crippen LogP contribution in [0, 0.1) is 6.92 Å². The van der Waals surface area contributed by atoms with E-state index >= 15 is 0 Å². The van der Waals surface area contributed by atoms with Gasteiger partial charge in [-0.1, -0.05) is 0 Å². The molecule has 0 aliphatic carbocycles. The van der Waals surface area contributed by atoms with Crippen molar-refractivity contribution in [2.45, 2.75) is 33.4 Å². The minimum Gasteiger partial charge on any atom is -0.463 e. The molecular weight excluding hydrogens is 272 g/mol. The highest BCUT2D eigenvalue weighted by molar-refractivity contribution is 5.82. The molecule has 0 atom stereocenters. The molecule has 0 fully saturated rings. The first-order valence-corrected chi connectivity index (χ1v) is 6.73. The van der Waals surface area contributed by atoms with Gasteiger partial charge in [0.15, 0.2) is 5.58 Å². The van der Waals surface area contributed by atoms with Crippen molar-refractivity contribution in [3.63, 3.8) is 0 Å². The van der Waals surface area contributed by atoms with Crippen LogP contribution in [0.5, 0.6) is 0 Å². The molecule has 0 unspecified atom stereocenters. The minimum atomic E-state index is -0.314. The zero-order chi connectivity index (χ0) is 15.1. The predicted molar refractivity (Wildman–Crippen MR) is 77.2 cm³/mol. The summed E-state index contributed by atoms with van der Waals surface area (Å²) in [5, 5.41) is 6.96. The normalized spacial score (nSPS) is 11.6. The first-order chi connectivity index (χ1) is 9.97. The Kier molecular flexibility index (Phi) is 3.04. The Morgan fingerprint density at radius 2 is 2.19 bits per heavy atom. The van der Waals surface area contributed by atoms with Crippen LogP contribution in [0.15, 0.2) is 27.6 Å². The molecule has 3 aromatic rings. The van der Waals surface area contributed by atoms with Crippen LogP contribution < -0.4 is 10.9 Å². The fraction of sp³-hybridized carbons (Fsp3) is 0.357. The summed E-state index contributed by atoms with van der Waals surface area (Å²) in [5.41, 5.74) is 1.56. The van der Waals surface area contributed by atoms with Crippen molar-refractivity contribution in [2.75, 3.05) is 0 Å². The van der Waals surface area contributed by atoms with Crippen LogP contribution >= 0.6 is 0 Å². The van der Waals surface area contributed by atoms with Crippen LogP contribution in [-0.4, -0.2) is 26.1 Å². The van der Waals surface area contributed by atoms with Gasteiger partial charge in [-0.25, -0.2) is 4.68 Å². The standard InChI is InChI=1S/C14H16N4O3/c1-8(2)15-13(19)7-17-14(20)11-6-12-10(4-5-21-12)18(11)9(3)16-17/h4-6,8H,7H2,1-3H3,(H,15,19). The number of fused-ring (bicyclic) bond motifs is 3. The number of hydrogen-bond donors (Lipinski definition) is 1. The maximum absolute atomic E-state index is 12.4. The largest absolute Gasteiger partial charge is 0.463 e. The van der Waals surface area contributed by atoms with Gasteiger partial charge in [0.25, 0.3) is 5.56 Å².